The molecule has 1 saturated heterocycles. The second kappa shape index (κ2) is 9.42. The SMILES string of the molecule is CCC1(c2ccccc2)NC(=O)N(CC(=O)N(Cc2cccs2)c2ccc3c(c2)OCCO3)C1=O. The molecule has 0 bridgehead atoms. The molecule has 3 heterocycles. The van der Waals surface area contributed by atoms with Gasteiger partial charge < -0.3 is 19.7 Å². The highest BCUT2D eigenvalue weighted by Crippen LogP contribution is 2.36. The van der Waals surface area contributed by atoms with Crippen LogP contribution in [0.5, 0.6) is 11.5 Å². The van der Waals surface area contributed by atoms with Crippen LogP contribution in [0.2, 0.25) is 0 Å². The molecule has 8 nitrogen and oxygen atoms in total. The Balaban J connectivity index is 1.43. The van der Waals surface area contributed by atoms with Crippen molar-refractivity contribution in [3.8, 4) is 11.5 Å². The zero-order valence-corrected chi connectivity index (χ0v) is 20.0. The molecule has 0 saturated carbocycles. The third kappa shape index (κ3) is 4.23. The molecule has 1 atom stereocenters. The maximum Gasteiger partial charge on any atom is 0.325 e. The van der Waals surface area contributed by atoms with Gasteiger partial charge in [0.25, 0.3) is 5.91 Å². The largest absolute Gasteiger partial charge is 0.486 e. The van der Waals surface area contributed by atoms with Crippen molar-refractivity contribution in [3.05, 3.63) is 76.5 Å². The summed E-state index contributed by atoms with van der Waals surface area (Å²) in [5.74, 6) is 0.372. The van der Waals surface area contributed by atoms with Gasteiger partial charge in [-0.2, -0.15) is 0 Å². The quantitative estimate of drug-likeness (QED) is 0.507. The van der Waals surface area contributed by atoms with Crippen LogP contribution in [0.25, 0.3) is 0 Å². The first-order chi connectivity index (χ1) is 17.0. The Kier molecular flexibility index (Phi) is 6.17. The van der Waals surface area contributed by atoms with Crippen LogP contribution in [-0.2, 0) is 21.7 Å². The third-order valence-electron chi connectivity index (χ3n) is 6.30. The van der Waals surface area contributed by atoms with Gasteiger partial charge in [0.15, 0.2) is 11.5 Å². The number of nitrogens with zero attached hydrogens (tertiary/aromatic N) is 2. The van der Waals surface area contributed by atoms with Crippen molar-refractivity contribution in [2.45, 2.75) is 25.4 Å². The van der Waals surface area contributed by atoms with E-state index in [1.807, 2.05) is 54.8 Å². The highest BCUT2D eigenvalue weighted by molar-refractivity contribution is 7.09. The van der Waals surface area contributed by atoms with Crippen molar-refractivity contribution >= 4 is 34.9 Å². The third-order valence-corrected chi connectivity index (χ3v) is 7.16. The van der Waals surface area contributed by atoms with Gasteiger partial charge in [-0.1, -0.05) is 43.3 Å². The fraction of sp³-hybridized carbons (Fsp3) is 0.269. The summed E-state index contributed by atoms with van der Waals surface area (Å²) >= 11 is 1.53. The first-order valence-corrected chi connectivity index (χ1v) is 12.3. The van der Waals surface area contributed by atoms with Crippen molar-refractivity contribution in [2.75, 3.05) is 24.7 Å². The number of thiophene rings is 1. The Labute approximate surface area is 207 Å². The van der Waals surface area contributed by atoms with Gasteiger partial charge >= 0.3 is 6.03 Å². The summed E-state index contributed by atoms with van der Waals surface area (Å²) in [6.07, 6.45) is 0.368. The molecule has 0 radical (unpaired) electrons. The Morgan fingerprint density at radius 1 is 1.06 bits per heavy atom. The first kappa shape index (κ1) is 22.9. The lowest BCUT2D eigenvalue weighted by atomic mass is 9.87. The van der Waals surface area contributed by atoms with Gasteiger partial charge in [0.1, 0.15) is 25.3 Å². The summed E-state index contributed by atoms with van der Waals surface area (Å²) in [5.41, 5.74) is 0.108. The number of amides is 4. The van der Waals surface area contributed by atoms with E-state index >= 15 is 0 Å². The molecule has 0 aliphatic carbocycles. The minimum Gasteiger partial charge on any atom is -0.486 e. The van der Waals surface area contributed by atoms with Gasteiger partial charge in [-0.25, -0.2) is 4.79 Å². The zero-order chi connectivity index (χ0) is 24.4. The summed E-state index contributed by atoms with van der Waals surface area (Å²) in [5, 5.41) is 4.78. The monoisotopic (exact) mass is 491 g/mol. The average Bonchev–Trinajstić information content (AvgIpc) is 3.50. The van der Waals surface area contributed by atoms with Crippen LogP contribution in [0.15, 0.2) is 66.0 Å². The minimum atomic E-state index is -1.19. The lowest BCUT2D eigenvalue weighted by molar-refractivity contribution is -0.134. The molecule has 1 unspecified atom stereocenters. The second-order valence-corrected chi connectivity index (χ2v) is 9.37. The summed E-state index contributed by atoms with van der Waals surface area (Å²) in [7, 11) is 0. The average molecular weight is 492 g/mol. The number of imide groups is 1. The predicted octanol–water partition coefficient (Wildman–Crippen LogP) is 3.91. The molecule has 35 heavy (non-hydrogen) atoms. The fourth-order valence-electron chi connectivity index (χ4n) is 4.43. The number of fused-ring (bicyclic) bond motifs is 1. The van der Waals surface area contributed by atoms with Crippen LogP contribution >= 0.6 is 11.3 Å². The van der Waals surface area contributed by atoms with Gasteiger partial charge in [0.05, 0.1) is 6.54 Å². The molecule has 1 aromatic heterocycles. The smallest absolute Gasteiger partial charge is 0.325 e. The number of carbonyl (C=O) groups is 3. The van der Waals surface area contributed by atoms with Gasteiger partial charge in [-0.05, 0) is 35.6 Å². The molecule has 3 aromatic rings. The number of rotatable bonds is 7. The molecule has 180 valence electrons. The topological polar surface area (TPSA) is 88.2 Å². The minimum absolute atomic E-state index is 0.303. The van der Waals surface area contributed by atoms with Crippen LogP contribution < -0.4 is 19.7 Å². The summed E-state index contributed by atoms with van der Waals surface area (Å²) in [6, 6.07) is 17.7. The van der Waals surface area contributed by atoms with E-state index < -0.39 is 17.5 Å². The molecule has 2 aromatic carbocycles. The molecule has 4 amide bonds. The van der Waals surface area contributed by atoms with Crippen LogP contribution in [0.3, 0.4) is 0 Å². The lowest BCUT2D eigenvalue weighted by Gasteiger charge is -2.27. The Morgan fingerprint density at radius 2 is 1.83 bits per heavy atom. The first-order valence-electron chi connectivity index (χ1n) is 11.4. The van der Waals surface area contributed by atoms with Crippen LogP contribution in [-0.4, -0.2) is 42.5 Å². The molecule has 1 fully saturated rings. The van der Waals surface area contributed by atoms with E-state index in [0.29, 0.717) is 48.9 Å². The summed E-state index contributed by atoms with van der Waals surface area (Å²) < 4.78 is 11.3. The Morgan fingerprint density at radius 3 is 2.54 bits per heavy atom. The Hall–Kier alpha value is -3.85. The van der Waals surface area contributed by atoms with E-state index in [-0.39, 0.29) is 12.5 Å². The van der Waals surface area contributed by atoms with Gasteiger partial charge in [-0.15, -0.1) is 11.3 Å². The predicted molar refractivity (Wildman–Crippen MR) is 132 cm³/mol. The van der Waals surface area contributed by atoms with Crippen molar-refractivity contribution in [1.29, 1.82) is 0 Å². The molecule has 0 spiro atoms. The summed E-state index contributed by atoms with van der Waals surface area (Å²) in [6.45, 7) is 2.67. The zero-order valence-electron chi connectivity index (χ0n) is 19.2. The number of benzene rings is 2. The van der Waals surface area contributed by atoms with Crippen molar-refractivity contribution in [1.82, 2.24) is 10.2 Å². The second-order valence-electron chi connectivity index (χ2n) is 8.33. The van der Waals surface area contributed by atoms with Crippen molar-refractivity contribution in [3.63, 3.8) is 0 Å². The molecule has 2 aliphatic heterocycles. The van der Waals surface area contributed by atoms with E-state index in [9.17, 15) is 14.4 Å². The van der Waals surface area contributed by atoms with Gasteiger partial charge in [0, 0.05) is 16.6 Å². The number of carbonyl (C=O) groups excluding carboxylic acids is 3. The van der Waals surface area contributed by atoms with E-state index in [1.54, 1.807) is 23.1 Å². The fourth-order valence-corrected chi connectivity index (χ4v) is 5.13. The molecular formula is C26H25N3O5S. The summed E-state index contributed by atoms with van der Waals surface area (Å²) in [4.78, 5) is 43.6. The van der Waals surface area contributed by atoms with Crippen LogP contribution in [0.4, 0.5) is 10.5 Å². The number of nitrogens with one attached hydrogen (secondary N) is 1. The standard InChI is InChI=1S/C26H25N3O5S/c1-2-26(18-7-4-3-5-8-18)24(31)29(25(32)27-26)17-23(30)28(16-20-9-6-14-35-20)19-10-11-21-22(15-19)34-13-12-33-21/h3-11,14-15H,2,12-13,16-17H2,1H3,(H,27,32). The number of hydrogen-bond donors (Lipinski definition) is 1. The molecule has 1 N–H and O–H groups in total. The van der Waals surface area contributed by atoms with Crippen molar-refractivity contribution < 1.29 is 23.9 Å². The number of urea groups is 1. The maximum atomic E-state index is 13.6. The number of hydrogen-bond acceptors (Lipinski definition) is 6. The normalized spacial score (nSPS) is 18.9. The number of anilines is 1. The van der Waals surface area contributed by atoms with Gasteiger partial charge in [-0.3, -0.25) is 14.5 Å². The van der Waals surface area contributed by atoms with Crippen LogP contribution in [0, 0.1) is 0 Å². The molecule has 2 aliphatic rings. The van der Waals surface area contributed by atoms with Crippen molar-refractivity contribution in [2.24, 2.45) is 0 Å². The van der Waals surface area contributed by atoms with E-state index in [2.05, 4.69) is 5.32 Å². The van der Waals surface area contributed by atoms with E-state index in [4.69, 9.17) is 9.47 Å². The molecule has 9 heteroatoms. The molecule has 5 rings (SSSR count). The Bertz CT molecular complexity index is 1250. The van der Waals surface area contributed by atoms with E-state index in [1.165, 1.54) is 11.3 Å². The highest BCUT2D eigenvalue weighted by Gasteiger charge is 2.51. The van der Waals surface area contributed by atoms with Gasteiger partial charge in [0.2, 0.25) is 5.91 Å². The lowest BCUT2D eigenvalue weighted by Crippen LogP contribution is -2.45. The van der Waals surface area contributed by atoms with E-state index in [0.717, 1.165) is 9.78 Å². The maximum absolute atomic E-state index is 13.6. The van der Waals surface area contributed by atoms with Crippen LogP contribution in [0.1, 0.15) is 23.8 Å². The highest BCUT2D eigenvalue weighted by atomic mass is 32.1. The number of ether oxygens (including phenoxy) is 2. The molecular weight excluding hydrogens is 466 g/mol.